The van der Waals surface area contributed by atoms with Gasteiger partial charge in [0.1, 0.15) is 0 Å². The van der Waals surface area contributed by atoms with Gasteiger partial charge in [-0.15, -0.1) is 0 Å². The molecular formula is C28H41N3O. The lowest BCUT2D eigenvalue weighted by Crippen LogP contribution is -2.43. The maximum atomic E-state index is 12.9. The summed E-state index contributed by atoms with van der Waals surface area (Å²) >= 11 is 0. The Kier molecular flexibility index (Phi) is 8.00. The topological polar surface area (TPSA) is 26.8 Å². The van der Waals surface area contributed by atoms with Crippen molar-refractivity contribution in [3.63, 3.8) is 0 Å². The van der Waals surface area contributed by atoms with Gasteiger partial charge in [0.15, 0.2) is 0 Å². The zero-order chi connectivity index (χ0) is 23.4. The summed E-state index contributed by atoms with van der Waals surface area (Å²) in [5.41, 5.74) is 5.26. The fraction of sp³-hybridized carbons (Fsp3) is 0.536. The predicted octanol–water partition coefficient (Wildman–Crippen LogP) is 5.17. The second-order valence-corrected chi connectivity index (χ2v) is 10.3. The number of carbonyl (C=O) groups is 1. The first kappa shape index (κ1) is 24.3. The summed E-state index contributed by atoms with van der Waals surface area (Å²) in [5, 5.41) is 0. The van der Waals surface area contributed by atoms with E-state index in [2.05, 4.69) is 98.1 Å². The molecule has 1 fully saturated rings. The molecule has 1 aliphatic rings. The summed E-state index contributed by atoms with van der Waals surface area (Å²) in [6, 6.07) is 18.1. The number of hydrogen-bond donors (Lipinski definition) is 0. The molecule has 0 aliphatic carbocycles. The molecule has 0 radical (unpaired) electrons. The molecule has 4 nitrogen and oxygen atoms in total. The van der Waals surface area contributed by atoms with Gasteiger partial charge in [-0.2, -0.15) is 0 Å². The normalized spacial score (nSPS) is 19.0. The number of benzene rings is 2. The van der Waals surface area contributed by atoms with Crippen LogP contribution in [0.1, 0.15) is 50.3 Å². The Balaban J connectivity index is 1.80. The van der Waals surface area contributed by atoms with Crippen molar-refractivity contribution in [3.05, 3.63) is 65.2 Å². The minimum absolute atomic E-state index is 0.0305. The molecule has 0 spiro atoms. The van der Waals surface area contributed by atoms with Gasteiger partial charge in [0.2, 0.25) is 5.91 Å². The van der Waals surface area contributed by atoms with Gasteiger partial charge in [-0.25, -0.2) is 0 Å². The van der Waals surface area contributed by atoms with Crippen LogP contribution in [0.5, 0.6) is 0 Å². The third-order valence-electron chi connectivity index (χ3n) is 6.71. The Bertz CT molecular complexity index is 871. The Hall–Kier alpha value is -2.33. The number of likely N-dealkylation sites (tertiary alicyclic amines) is 1. The van der Waals surface area contributed by atoms with Crippen LogP contribution < -0.4 is 4.90 Å². The van der Waals surface area contributed by atoms with Crippen LogP contribution in [-0.2, 0) is 11.3 Å². The summed E-state index contributed by atoms with van der Waals surface area (Å²) in [7, 11) is 4.15. The van der Waals surface area contributed by atoms with Gasteiger partial charge in [-0.3, -0.25) is 9.69 Å². The van der Waals surface area contributed by atoms with Crippen LogP contribution in [0.4, 0.5) is 5.69 Å². The second-order valence-electron chi connectivity index (χ2n) is 10.3. The molecular weight excluding hydrogens is 394 g/mol. The maximum absolute atomic E-state index is 12.9. The lowest BCUT2D eigenvalue weighted by Gasteiger charge is -2.33. The highest BCUT2D eigenvalue weighted by molar-refractivity contribution is 5.78. The highest BCUT2D eigenvalue weighted by Gasteiger charge is 2.36. The van der Waals surface area contributed by atoms with Crippen molar-refractivity contribution >= 4 is 11.6 Å². The van der Waals surface area contributed by atoms with E-state index in [1.54, 1.807) is 0 Å². The van der Waals surface area contributed by atoms with Crippen molar-refractivity contribution < 1.29 is 4.79 Å². The van der Waals surface area contributed by atoms with E-state index in [4.69, 9.17) is 0 Å². The molecule has 0 unspecified atom stereocenters. The van der Waals surface area contributed by atoms with Crippen LogP contribution in [-0.4, -0.2) is 55.5 Å². The molecule has 0 aromatic heterocycles. The van der Waals surface area contributed by atoms with Crippen molar-refractivity contribution in [2.75, 3.05) is 38.6 Å². The van der Waals surface area contributed by atoms with Gasteiger partial charge < -0.3 is 9.80 Å². The minimum Gasteiger partial charge on any atom is -0.378 e. The SMILES string of the molecule is Cc1ccc([C@H]2CN(Cc3ccc(N(C)C)cc3)C[C@H]2CN(C(=O)C(C)C)C(C)C)cc1. The third kappa shape index (κ3) is 5.92. The third-order valence-corrected chi connectivity index (χ3v) is 6.71. The van der Waals surface area contributed by atoms with Gasteiger partial charge >= 0.3 is 0 Å². The van der Waals surface area contributed by atoms with E-state index in [-0.39, 0.29) is 17.9 Å². The molecule has 3 rings (SSSR count). The van der Waals surface area contributed by atoms with E-state index in [1.165, 1.54) is 22.4 Å². The second kappa shape index (κ2) is 10.5. The largest absolute Gasteiger partial charge is 0.378 e. The van der Waals surface area contributed by atoms with Crippen molar-refractivity contribution in [2.24, 2.45) is 11.8 Å². The molecule has 0 saturated carbocycles. The first-order valence-electron chi connectivity index (χ1n) is 12.0. The van der Waals surface area contributed by atoms with Gasteiger partial charge in [0, 0.05) is 63.8 Å². The van der Waals surface area contributed by atoms with Gasteiger partial charge in [0.25, 0.3) is 0 Å². The minimum atomic E-state index is 0.0305. The number of nitrogens with zero attached hydrogens (tertiary/aromatic N) is 3. The molecule has 0 N–H and O–H groups in total. The van der Waals surface area contributed by atoms with E-state index in [0.717, 1.165) is 26.2 Å². The molecule has 32 heavy (non-hydrogen) atoms. The van der Waals surface area contributed by atoms with E-state index >= 15 is 0 Å². The van der Waals surface area contributed by atoms with Crippen LogP contribution in [0, 0.1) is 18.8 Å². The Morgan fingerprint density at radius 1 is 0.969 bits per heavy atom. The van der Waals surface area contributed by atoms with Crippen LogP contribution in [0.25, 0.3) is 0 Å². The summed E-state index contributed by atoms with van der Waals surface area (Å²) in [4.78, 5) is 19.7. The van der Waals surface area contributed by atoms with Crippen LogP contribution >= 0.6 is 0 Å². The Morgan fingerprint density at radius 3 is 2.12 bits per heavy atom. The summed E-state index contributed by atoms with van der Waals surface area (Å²) in [6.45, 7) is 14.3. The molecule has 1 heterocycles. The number of amides is 1. The summed E-state index contributed by atoms with van der Waals surface area (Å²) in [5.74, 6) is 1.17. The first-order valence-corrected chi connectivity index (χ1v) is 12.0. The molecule has 4 heteroatoms. The number of rotatable bonds is 8. The molecule has 1 amide bonds. The average Bonchev–Trinajstić information content (AvgIpc) is 3.14. The summed E-state index contributed by atoms with van der Waals surface area (Å²) < 4.78 is 0. The Labute approximate surface area is 195 Å². The smallest absolute Gasteiger partial charge is 0.225 e. The maximum Gasteiger partial charge on any atom is 0.225 e. The number of hydrogen-bond acceptors (Lipinski definition) is 3. The van der Waals surface area contributed by atoms with Gasteiger partial charge in [-0.05, 0) is 49.9 Å². The Morgan fingerprint density at radius 2 is 1.59 bits per heavy atom. The lowest BCUT2D eigenvalue weighted by atomic mass is 9.87. The number of anilines is 1. The first-order chi connectivity index (χ1) is 15.2. The van der Waals surface area contributed by atoms with Gasteiger partial charge in [-0.1, -0.05) is 55.8 Å². The summed E-state index contributed by atoms with van der Waals surface area (Å²) in [6.07, 6.45) is 0. The molecule has 2 aromatic rings. The van der Waals surface area contributed by atoms with E-state index in [1.807, 2.05) is 13.8 Å². The molecule has 174 valence electrons. The molecule has 0 bridgehead atoms. The highest BCUT2D eigenvalue weighted by atomic mass is 16.2. The number of carbonyl (C=O) groups excluding carboxylic acids is 1. The monoisotopic (exact) mass is 435 g/mol. The highest BCUT2D eigenvalue weighted by Crippen LogP contribution is 2.35. The predicted molar refractivity (Wildman–Crippen MR) is 135 cm³/mol. The van der Waals surface area contributed by atoms with Crippen LogP contribution in [0.15, 0.2) is 48.5 Å². The standard InChI is InChI=1S/C28H41N3O/c1-20(2)28(32)31(21(3)4)18-25-17-30(16-23-10-14-26(15-11-23)29(6)7)19-27(25)24-12-8-22(5)9-13-24/h8-15,20-21,25,27H,16-19H2,1-7H3/t25-,27+/m0/s1. The van der Waals surface area contributed by atoms with Crippen molar-refractivity contribution in [1.82, 2.24) is 9.80 Å². The fourth-order valence-electron chi connectivity index (χ4n) is 4.76. The van der Waals surface area contributed by atoms with E-state index < -0.39 is 0 Å². The fourth-order valence-corrected chi connectivity index (χ4v) is 4.76. The zero-order valence-corrected chi connectivity index (χ0v) is 21.0. The average molecular weight is 436 g/mol. The molecule has 1 aliphatic heterocycles. The van der Waals surface area contributed by atoms with Crippen LogP contribution in [0.3, 0.4) is 0 Å². The van der Waals surface area contributed by atoms with E-state index in [0.29, 0.717) is 11.8 Å². The molecule has 2 atom stereocenters. The van der Waals surface area contributed by atoms with Crippen molar-refractivity contribution in [2.45, 2.75) is 53.1 Å². The molecule has 1 saturated heterocycles. The zero-order valence-electron chi connectivity index (χ0n) is 21.0. The number of aryl methyl sites for hydroxylation is 1. The molecule has 2 aromatic carbocycles. The quantitative estimate of drug-likeness (QED) is 0.572. The van der Waals surface area contributed by atoms with Crippen molar-refractivity contribution in [3.8, 4) is 0 Å². The van der Waals surface area contributed by atoms with Crippen LogP contribution in [0.2, 0.25) is 0 Å². The lowest BCUT2D eigenvalue weighted by molar-refractivity contribution is -0.136. The van der Waals surface area contributed by atoms with Crippen molar-refractivity contribution in [1.29, 1.82) is 0 Å². The van der Waals surface area contributed by atoms with Gasteiger partial charge in [0.05, 0.1) is 0 Å². The van der Waals surface area contributed by atoms with E-state index in [9.17, 15) is 4.79 Å².